The number of ether oxygens (including phenoxy) is 1. The Balaban J connectivity index is 1.83. The number of rotatable bonds is 2. The lowest BCUT2D eigenvalue weighted by atomic mass is 9.82. The molecule has 2 rings (SSSR count). The molecule has 0 N–H and O–H groups in total. The van der Waals surface area contributed by atoms with Gasteiger partial charge in [0.25, 0.3) is 0 Å². The van der Waals surface area contributed by atoms with Crippen LogP contribution in [-0.4, -0.2) is 12.2 Å². The molecule has 0 aromatic carbocycles. The minimum absolute atomic E-state index is 0.579. The molecule has 1 heteroatoms. The van der Waals surface area contributed by atoms with Gasteiger partial charge in [0.2, 0.25) is 0 Å². The lowest BCUT2D eigenvalue weighted by Crippen LogP contribution is -2.34. The molecule has 0 aromatic rings. The van der Waals surface area contributed by atoms with E-state index in [2.05, 4.69) is 6.92 Å². The van der Waals surface area contributed by atoms with Crippen LogP contribution < -0.4 is 0 Å². The Morgan fingerprint density at radius 3 is 2.43 bits per heavy atom. The summed E-state index contributed by atoms with van der Waals surface area (Å²) in [4.78, 5) is 0. The van der Waals surface area contributed by atoms with Gasteiger partial charge in [0.1, 0.15) is 0 Å². The number of hydrogen-bond acceptors (Lipinski definition) is 1. The van der Waals surface area contributed by atoms with E-state index in [4.69, 9.17) is 4.74 Å². The first-order chi connectivity index (χ1) is 6.90. The summed E-state index contributed by atoms with van der Waals surface area (Å²) in [6.45, 7) is 2.26. The Morgan fingerprint density at radius 1 is 0.929 bits per heavy atom. The van der Waals surface area contributed by atoms with Gasteiger partial charge in [-0.15, -0.1) is 0 Å². The third-order valence-electron chi connectivity index (χ3n) is 4.01. The van der Waals surface area contributed by atoms with Crippen molar-refractivity contribution in [3.8, 4) is 0 Å². The first kappa shape index (κ1) is 10.5. The maximum Gasteiger partial charge on any atom is 0.0607 e. The van der Waals surface area contributed by atoms with Crippen molar-refractivity contribution in [3.63, 3.8) is 0 Å². The summed E-state index contributed by atoms with van der Waals surface area (Å²) in [5.74, 6) is 0.901. The maximum absolute atomic E-state index is 6.18. The second kappa shape index (κ2) is 5.16. The fourth-order valence-electron chi connectivity index (χ4n) is 3.08. The van der Waals surface area contributed by atoms with E-state index < -0.39 is 0 Å². The van der Waals surface area contributed by atoms with Gasteiger partial charge in [0.05, 0.1) is 12.2 Å². The molecular formula is C13H24O. The molecule has 2 aliphatic rings. The van der Waals surface area contributed by atoms with E-state index in [0.717, 1.165) is 5.92 Å². The van der Waals surface area contributed by atoms with Crippen molar-refractivity contribution in [1.29, 1.82) is 0 Å². The standard InChI is InChI=1S/C13H24O/c1-2-12-9-6-10-13(14-12)11-7-4-3-5-8-11/h11-13H,2-10H2,1H3. The molecule has 1 nitrogen and oxygen atoms in total. The van der Waals surface area contributed by atoms with Gasteiger partial charge >= 0.3 is 0 Å². The summed E-state index contributed by atoms with van der Waals surface area (Å²) in [5, 5.41) is 0. The van der Waals surface area contributed by atoms with E-state index in [1.54, 1.807) is 0 Å². The zero-order valence-electron chi connectivity index (χ0n) is 9.50. The molecule has 14 heavy (non-hydrogen) atoms. The highest BCUT2D eigenvalue weighted by Crippen LogP contribution is 2.34. The summed E-state index contributed by atoms with van der Waals surface area (Å²) >= 11 is 0. The van der Waals surface area contributed by atoms with E-state index in [1.807, 2.05) is 0 Å². The quantitative estimate of drug-likeness (QED) is 0.650. The predicted octanol–water partition coefficient (Wildman–Crippen LogP) is 3.91. The summed E-state index contributed by atoms with van der Waals surface area (Å²) in [6.07, 6.45) is 13.7. The Morgan fingerprint density at radius 2 is 1.71 bits per heavy atom. The third kappa shape index (κ3) is 2.50. The van der Waals surface area contributed by atoms with Crippen LogP contribution in [0.4, 0.5) is 0 Å². The summed E-state index contributed by atoms with van der Waals surface area (Å²) in [5.41, 5.74) is 0. The van der Waals surface area contributed by atoms with Crippen molar-refractivity contribution in [2.24, 2.45) is 5.92 Å². The molecular weight excluding hydrogens is 172 g/mol. The Bertz CT molecular complexity index is 161. The first-order valence-corrected chi connectivity index (χ1v) is 6.55. The van der Waals surface area contributed by atoms with Crippen molar-refractivity contribution in [1.82, 2.24) is 0 Å². The van der Waals surface area contributed by atoms with Crippen LogP contribution in [0.15, 0.2) is 0 Å². The smallest absolute Gasteiger partial charge is 0.0607 e. The summed E-state index contributed by atoms with van der Waals surface area (Å²) < 4.78 is 6.18. The SMILES string of the molecule is CCC1CCCC(C2CCCCC2)O1. The predicted molar refractivity (Wildman–Crippen MR) is 59.4 cm³/mol. The molecule has 0 aromatic heterocycles. The van der Waals surface area contributed by atoms with Gasteiger partial charge < -0.3 is 4.74 Å². The fourth-order valence-corrected chi connectivity index (χ4v) is 3.08. The Hall–Kier alpha value is -0.0400. The fraction of sp³-hybridized carbons (Fsp3) is 1.00. The maximum atomic E-state index is 6.18. The average molecular weight is 196 g/mol. The van der Waals surface area contributed by atoms with Gasteiger partial charge in [0, 0.05) is 0 Å². The van der Waals surface area contributed by atoms with Crippen molar-refractivity contribution in [2.75, 3.05) is 0 Å². The number of hydrogen-bond donors (Lipinski definition) is 0. The highest BCUT2D eigenvalue weighted by atomic mass is 16.5. The van der Waals surface area contributed by atoms with E-state index in [-0.39, 0.29) is 0 Å². The van der Waals surface area contributed by atoms with E-state index in [1.165, 1.54) is 57.8 Å². The monoisotopic (exact) mass is 196 g/mol. The molecule has 1 saturated carbocycles. The lowest BCUT2D eigenvalue weighted by Gasteiger charge is -2.36. The second-order valence-electron chi connectivity index (χ2n) is 5.03. The Kier molecular flexibility index (Phi) is 3.86. The molecule has 0 bridgehead atoms. The summed E-state index contributed by atoms with van der Waals surface area (Å²) in [6, 6.07) is 0. The highest BCUT2D eigenvalue weighted by molar-refractivity contribution is 4.79. The average Bonchev–Trinajstić information content (AvgIpc) is 2.30. The van der Waals surface area contributed by atoms with Gasteiger partial charge in [-0.05, 0) is 44.4 Å². The molecule has 82 valence electrons. The molecule has 0 spiro atoms. The van der Waals surface area contributed by atoms with Crippen LogP contribution in [0.2, 0.25) is 0 Å². The molecule has 2 unspecified atom stereocenters. The normalized spacial score (nSPS) is 35.8. The third-order valence-corrected chi connectivity index (χ3v) is 4.01. The van der Waals surface area contributed by atoms with Gasteiger partial charge in [-0.1, -0.05) is 26.2 Å². The Labute approximate surface area is 88.2 Å². The van der Waals surface area contributed by atoms with E-state index in [0.29, 0.717) is 12.2 Å². The van der Waals surface area contributed by atoms with Crippen molar-refractivity contribution < 1.29 is 4.74 Å². The van der Waals surface area contributed by atoms with Crippen LogP contribution >= 0.6 is 0 Å². The van der Waals surface area contributed by atoms with Crippen molar-refractivity contribution >= 4 is 0 Å². The van der Waals surface area contributed by atoms with Gasteiger partial charge in [-0.3, -0.25) is 0 Å². The van der Waals surface area contributed by atoms with Gasteiger partial charge in [0.15, 0.2) is 0 Å². The minimum atomic E-state index is 0.579. The second-order valence-corrected chi connectivity index (χ2v) is 5.03. The minimum Gasteiger partial charge on any atom is -0.375 e. The van der Waals surface area contributed by atoms with Crippen molar-refractivity contribution in [3.05, 3.63) is 0 Å². The molecule has 0 radical (unpaired) electrons. The molecule has 1 saturated heterocycles. The van der Waals surface area contributed by atoms with Crippen LogP contribution in [0.5, 0.6) is 0 Å². The summed E-state index contributed by atoms with van der Waals surface area (Å²) in [7, 11) is 0. The largest absolute Gasteiger partial charge is 0.375 e. The molecule has 1 aliphatic heterocycles. The van der Waals surface area contributed by atoms with Crippen LogP contribution in [0, 0.1) is 5.92 Å². The van der Waals surface area contributed by atoms with E-state index >= 15 is 0 Å². The van der Waals surface area contributed by atoms with Crippen LogP contribution in [0.1, 0.15) is 64.7 Å². The first-order valence-electron chi connectivity index (χ1n) is 6.55. The zero-order chi connectivity index (χ0) is 9.80. The lowest BCUT2D eigenvalue weighted by molar-refractivity contribution is -0.0845. The highest BCUT2D eigenvalue weighted by Gasteiger charge is 2.29. The topological polar surface area (TPSA) is 9.23 Å². The van der Waals surface area contributed by atoms with E-state index in [9.17, 15) is 0 Å². The van der Waals surface area contributed by atoms with Gasteiger partial charge in [-0.2, -0.15) is 0 Å². The molecule has 2 atom stereocenters. The van der Waals surface area contributed by atoms with Crippen LogP contribution in [0.25, 0.3) is 0 Å². The van der Waals surface area contributed by atoms with Crippen molar-refractivity contribution in [2.45, 2.75) is 76.9 Å². The van der Waals surface area contributed by atoms with Gasteiger partial charge in [-0.25, -0.2) is 0 Å². The van der Waals surface area contributed by atoms with Crippen LogP contribution in [-0.2, 0) is 4.74 Å². The zero-order valence-corrected chi connectivity index (χ0v) is 9.50. The molecule has 1 aliphatic carbocycles. The molecule has 2 fully saturated rings. The molecule has 0 amide bonds. The molecule has 1 heterocycles. The van der Waals surface area contributed by atoms with Crippen LogP contribution in [0.3, 0.4) is 0 Å².